The van der Waals surface area contributed by atoms with E-state index >= 15 is 0 Å². The molecule has 2 N–H and O–H groups in total. The maximum absolute atomic E-state index is 11.6. The molecule has 5 nitrogen and oxygen atoms in total. The number of primary amides is 1. The van der Waals surface area contributed by atoms with Crippen molar-refractivity contribution in [2.24, 2.45) is 5.73 Å². The number of benzene rings is 3. The smallest absolute Gasteiger partial charge is 0.248 e. The SMILES string of the molecule is CCCCN(Cc1ccc(C(N)=O)cc1)[C@@H](C)c1c(-c2ccccc2)nc(-c2ccccc2)n1CCCC. The third kappa shape index (κ3) is 6.40. The summed E-state index contributed by atoms with van der Waals surface area (Å²) in [5, 5.41) is 0. The molecule has 0 bridgehead atoms. The number of nitrogens with zero attached hydrogens (tertiary/aromatic N) is 3. The number of hydrogen-bond acceptors (Lipinski definition) is 3. The summed E-state index contributed by atoms with van der Waals surface area (Å²) in [5.74, 6) is 0.634. The highest BCUT2D eigenvalue weighted by molar-refractivity contribution is 5.92. The van der Waals surface area contributed by atoms with Crippen LogP contribution < -0.4 is 5.73 Å². The number of aromatic nitrogens is 2. The van der Waals surface area contributed by atoms with Crippen LogP contribution in [0.5, 0.6) is 0 Å². The number of carbonyl (C=O) groups excluding carboxylic acids is 1. The highest BCUT2D eigenvalue weighted by Gasteiger charge is 2.27. The van der Waals surface area contributed by atoms with Crippen LogP contribution in [0.25, 0.3) is 22.6 Å². The molecule has 0 saturated carbocycles. The first-order valence-corrected chi connectivity index (χ1v) is 13.9. The lowest BCUT2D eigenvalue weighted by atomic mass is 10.0. The van der Waals surface area contributed by atoms with Gasteiger partial charge in [0.15, 0.2) is 0 Å². The summed E-state index contributed by atoms with van der Waals surface area (Å²) >= 11 is 0. The minimum absolute atomic E-state index is 0.134. The van der Waals surface area contributed by atoms with Crippen LogP contribution in [0.2, 0.25) is 0 Å². The Kier molecular flexibility index (Phi) is 9.50. The van der Waals surface area contributed by atoms with E-state index in [2.05, 4.69) is 90.9 Å². The van der Waals surface area contributed by atoms with Gasteiger partial charge in [0.05, 0.1) is 11.4 Å². The van der Waals surface area contributed by atoms with E-state index in [1.54, 1.807) is 0 Å². The molecule has 1 heterocycles. The Labute approximate surface area is 227 Å². The van der Waals surface area contributed by atoms with Crippen molar-refractivity contribution in [1.29, 1.82) is 0 Å². The van der Waals surface area contributed by atoms with Gasteiger partial charge in [-0.3, -0.25) is 9.69 Å². The van der Waals surface area contributed by atoms with Gasteiger partial charge in [0.2, 0.25) is 5.91 Å². The van der Waals surface area contributed by atoms with E-state index in [-0.39, 0.29) is 6.04 Å². The van der Waals surface area contributed by atoms with Crippen molar-refractivity contribution in [2.75, 3.05) is 6.54 Å². The summed E-state index contributed by atoms with van der Waals surface area (Å²) in [7, 11) is 0. The van der Waals surface area contributed by atoms with Crippen molar-refractivity contribution in [3.63, 3.8) is 0 Å². The molecule has 0 saturated heterocycles. The molecule has 0 aliphatic carbocycles. The zero-order valence-electron chi connectivity index (χ0n) is 22.9. The maximum Gasteiger partial charge on any atom is 0.248 e. The van der Waals surface area contributed by atoms with Crippen molar-refractivity contribution < 1.29 is 4.79 Å². The lowest BCUT2D eigenvalue weighted by Crippen LogP contribution is -2.30. The third-order valence-corrected chi connectivity index (χ3v) is 7.19. The summed E-state index contributed by atoms with van der Waals surface area (Å²) in [4.78, 5) is 19.4. The van der Waals surface area contributed by atoms with Crippen LogP contribution in [0.3, 0.4) is 0 Å². The Bertz CT molecular complexity index is 1300. The van der Waals surface area contributed by atoms with Gasteiger partial charge < -0.3 is 10.3 Å². The van der Waals surface area contributed by atoms with Gasteiger partial charge in [0.1, 0.15) is 5.82 Å². The van der Waals surface area contributed by atoms with Crippen LogP contribution in [0.4, 0.5) is 0 Å². The van der Waals surface area contributed by atoms with Gasteiger partial charge in [-0.25, -0.2) is 4.98 Å². The predicted octanol–water partition coefficient (Wildman–Crippen LogP) is 7.48. The van der Waals surface area contributed by atoms with Crippen LogP contribution in [0.15, 0.2) is 84.9 Å². The number of imidazole rings is 1. The fourth-order valence-corrected chi connectivity index (χ4v) is 5.00. The summed E-state index contributed by atoms with van der Waals surface area (Å²) in [6.45, 7) is 9.48. The molecule has 0 unspecified atom stereocenters. The lowest BCUT2D eigenvalue weighted by molar-refractivity contribution is 0.1000. The molecular weight excluding hydrogens is 468 g/mol. The monoisotopic (exact) mass is 508 g/mol. The minimum atomic E-state index is -0.395. The van der Waals surface area contributed by atoms with Gasteiger partial charge in [0, 0.05) is 35.8 Å². The third-order valence-electron chi connectivity index (χ3n) is 7.19. The molecule has 1 aromatic heterocycles. The number of unbranched alkanes of at least 4 members (excludes halogenated alkanes) is 2. The molecule has 0 fully saturated rings. The number of nitrogens with two attached hydrogens (primary N) is 1. The first-order valence-electron chi connectivity index (χ1n) is 13.9. The van der Waals surface area contributed by atoms with Crippen molar-refractivity contribution in [3.8, 4) is 22.6 Å². The molecule has 38 heavy (non-hydrogen) atoms. The number of carbonyl (C=O) groups is 1. The Hall–Kier alpha value is -3.70. The second kappa shape index (κ2) is 13.2. The van der Waals surface area contributed by atoms with Gasteiger partial charge in [-0.15, -0.1) is 0 Å². The summed E-state index contributed by atoms with van der Waals surface area (Å²) in [6.07, 6.45) is 4.44. The number of rotatable bonds is 13. The highest BCUT2D eigenvalue weighted by Crippen LogP contribution is 2.36. The molecule has 0 radical (unpaired) electrons. The molecule has 0 spiro atoms. The zero-order valence-corrected chi connectivity index (χ0v) is 22.9. The lowest BCUT2D eigenvalue weighted by Gasteiger charge is -2.31. The Morgan fingerprint density at radius 2 is 1.47 bits per heavy atom. The highest BCUT2D eigenvalue weighted by atomic mass is 16.1. The summed E-state index contributed by atoms with van der Waals surface area (Å²) in [6, 6.07) is 28.9. The largest absolute Gasteiger partial charge is 0.366 e. The molecule has 1 atom stereocenters. The minimum Gasteiger partial charge on any atom is -0.366 e. The molecule has 0 aliphatic heterocycles. The quantitative estimate of drug-likeness (QED) is 0.204. The van der Waals surface area contributed by atoms with Crippen LogP contribution >= 0.6 is 0 Å². The van der Waals surface area contributed by atoms with Gasteiger partial charge in [-0.05, 0) is 44.0 Å². The second-order valence-electron chi connectivity index (χ2n) is 9.97. The molecule has 3 aromatic carbocycles. The van der Waals surface area contributed by atoms with Crippen molar-refractivity contribution in [3.05, 3.63) is 102 Å². The van der Waals surface area contributed by atoms with Crippen LogP contribution in [0.1, 0.15) is 74.1 Å². The van der Waals surface area contributed by atoms with E-state index < -0.39 is 5.91 Å². The van der Waals surface area contributed by atoms with E-state index in [4.69, 9.17) is 10.7 Å². The molecule has 1 amide bonds. The zero-order chi connectivity index (χ0) is 26.9. The van der Waals surface area contributed by atoms with Crippen LogP contribution in [-0.4, -0.2) is 26.9 Å². The topological polar surface area (TPSA) is 64.2 Å². The fourth-order valence-electron chi connectivity index (χ4n) is 5.00. The van der Waals surface area contributed by atoms with Gasteiger partial charge in [-0.2, -0.15) is 0 Å². The van der Waals surface area contributed by atoms with Crippen molar-refractivity contribution in [2.45, 2.75) is 65.6 Å². The van der Waals surface area contributed by atoms with Crippen molar-refractivity contribution in [1.82, 2.24) is 14.5 Å². The van der Waals surface area contributed by atoms with Gasteiger partial charge in [-0.1, -0.05) is 99.5 Å². The standard InChI is InChI=1S/C33H40N4O/c1-4-6-22-36(24-26-18-20-28(21-19-26)32(34)38)25(3)31-30(27-14-10-8-11-15-27)35-33(37(31)23-7-5-2)29-16-12-9-13-17-29/h8-21,25H,4-7,22-24H2,1-3H3,(H2,34,38)/t25-/m0/s1. The van der Waals surface area contributed by atoms with E-state index in [0.29, 0.717) is 5.56 Å². The fraction of sp³-hybridized carbons (Fsp3) is 0.333. The van der Waals surface area contributed by atoms with E-state index in [1.165, 1.54) is 11.3 Å². The second-order valence-corrected chi connectivity index (χ2v) is 9.97. The Balaban J connectivity index is 1.82. The molecule has 4 rings (SSSR count). The van der Waals surface area contributed by atoms with E-state index in [0.717, 1.165) is 68.0 Å². The number of hydrogen-bond donors (Lipinski definition) is 1. The van der Waals surface area contributed by atoms with Crippen LogP contribution in [0, 0.1) is 0 Å². The normalized spacial score (nSPS) is 12.1. The molecule has 198 valence electrons. The molecule has 0 aliphatic rings. The molecule has 5 heteroatoms. The van der Waals surface area contributed by atoms with Crippen LogP contribution in [-0.2, 0) is 13.1 Å². The summed E-state index contributed by atoms with van der Waals surface area (Å²) in [5.41, 5.74) is 11.8. The average molecular weight is 509 g/mol. The van der Waals surface area contributed by atoms with Gasteiger partial charge >= 0.3 is 0 Å². The first-order chi connectivity index (χ1) is 18.5. The predicted molar refractivity (Wildman–Crippen MR) is 157 cm³/mol. The summed E-state index contributed by atoms with van der Waals surface area (Å²) < 4.78 is 2.46. The number of amides is 1. The Morgan fingerprint density at radius 1 is 0.868 bits per heavy atom. The molecule has 4 aromatic rings. The first kappa shape index (κ1) is 27.3. The van der Waals surface area contributed by atoms with Gasteiger partial charge in [0.25, 0.3) is 0 Å². The van der Waals surface area contributed by atoms with E-state index in [1.807, 2.05) is 24.3 Å². The molecular formula is C33H40N4O. The maximum atomic E-state index is 11.6. The average Bonchev–Trinajstić information content (AvgIpc) is 3.34. The van der Waals surface area contributed by atoms with E-state index in [9.17, 15) is 4.79 Å². The van der Waals surface area contributed by atoms with Crippen molar-refractivity contribution >= 4 is 5.91 Å². The Morgan fingerprint density at radius 3 is 2.05 bits per heavy atom.